The van der Waals surface area contributed by atoms with Crippen LogP contribution in [0.15, 0.2) is 10.7 Å². The lowest BCUT2D eigenvalue weighted by atomic mass is 9.93. The van der Waals surface area contributed by atoms with E-state index in [1.54, 1.807) is 13.2 Å². The Morgan fingerprint density at radius 3 is 2.56 bits per heavy atom. The molecule has 0 amide bonds. The minimum absolute atomic E-state index is 0.537. The topological polar surface area (TPSA) is 49.5 Å². The second kappa shape index (κ2) is 5.85. The largest absolute Gasteiger partial charge is 0.449 e. The van der Waals surface area contributed by atoms with Gasteiger partial charge < -0.3 is 14.4 Å². The smallest absolute Gasteiger partial charge is 0.194 e. The number of rotatable bonds is 4. The highest BCUT2D eigenvalue weighted by Gasteiger charge is 2.22. The van der Waals surface area contributed by atoms with Crippen molar-refractivity contribution in [3.05, 3.63) is 17.8 Å². The summed E-state index contributed by atoms with van der Waals surface area (Å²) in [5.41, 5.74) is 0.643. The van der Waals surface area contributed by atoms with Crippen LogP contribution in [0.2, 0.25) is 0 Å². The first kappa shape index (κ1) is 13.6. The van der Waals surface area contributed by atoms with Crippen LogP contribution in [-0.4, -0.2) is 34.1 Å². The zero-order valence-corrected chi connectivity index (χ0v) is 11.6. The van der Waals surface area contributed by atoms with E-state index in [1.807, 2.05) is 0 Å². The fourth-order valence-electron chi connectivity index (χ4n) is 2.53. The summed E-state index contributed by atoms with van der Waals surface area (Å²) >= 11 is 0. The zero-order chi connectivity index (χ0) is 13.1. The van der Waals surface area contributed by atoms with Crippen LogP contribution in [0.3, 0.4) is 0 Å². The van der Waals surface area contributed by atoms with Gasteiger partial charge in [0.15, 0.2) is 5.89 Å². The molecule has 1 fully saturated rings. The van der Waals surface area contributed by atoms with Crippen molar-refractivity contribution in [1.82, 2.24) is 9.88 Å². The van der Waals surface area contributed by atoms with Crippen molar-refractivity contribution < 1.29 is 9.52 Å². The third kappa shape index (κ3) is 3.33. The Hall–Kier alpha value is -0.870. The number of nitrogens with zero attached hydrogens (tertiary/aromatic N) is 2. The number of aliphatic hydroxyl groups excluding tert-OH is 1. The third-order valence-electron chi connectivity index (χ3n) is 3.84. The Balaban J connectivity index is 1.84. The number of hydrogen-bond acceptors (Lipinski definition) is 4. The highest BCUT2D eigenvalue weighted by molar-refractivity contribution is 5.00. The van der Waals surface area contributed by atoms with Crippen LogP contribution in [0.25, 0.3) is 0 Å². The molecule has 4 nitrogen and oxygen atoms in total. The SMILES string of the molecule is CC(O)c1coc(CC2CCN(C(C)C)CC2)n1. The molecule has 4 heteroatoms. The van der Waals surface area contributed by atoms with Crippen LogP contribution in [0.1, 0.15) is 51.3 Å². The van der Waals surface area contributed by atoms with Crippen molar-refractivity contribution in [2.75, 3.05) is 13.1 Å². The van der Waals surface area contributed by atoms with E-state index < -0.39 is 6.10 Å². The van der Waals surface area contributed by atoms with Crippen LogP contribution < -0.4 is 0 Å². The molecule has 1 N–H and O–H groups in total. The van der Waals surface area contributed by atoms with Crippen LogP contribution in [-0.2, 0) is 6.42 Å². The van der Waals surface area contributed by atoms with Crippen LogP contribution in [0.5, 0.6) is 0 Å². The Morgan fingerprint density at radius 2 is 2.06 bits per heavy atom. The van der Waals surface area contributed by atoms with Crippen molar-refractivity contribution in [3.8, 4) is 0 Å². The van der Waals surface area contributed by atoms with E-state index in [1.165, 1.54) is 25.9 Å². The van der Waals surface area contributed by atoms with Gasteiger partial charge in [-0.15, -0.1) is 0 Å². The number of oxazole rings is 1. The summed E-state index contributed by atoms with van der Waals surface area (Å²) in [6, 6.07) is 0.648. The fraction of sp³-hybridized carbons (Fsp3) is 0.786. The lowest BCUT2D eigenvalue weighted by molar-refractivity contribution is 0.146. The molecule has 102 valence electrons. The second-order valence-corrected chi connectivity index (χ2v) is 5.62. The van der Waals surface area contributed by atoms with Crippen molar-refractivity contribution in [3.63, 3.8) is 0 Å². The average molecular weight is 252 g/mol. The molecule has 0 aliphatic carbocycles. The quantitative estimate of drug-likeness (QED) is 0.894. The summed E-state index contributed by atoms with van der Waals surface area (Å²) in [7, 11) is 0. The highest BCUT2D eigenvalue weighted by atomic mass is 16.3. The molecule has 1 saturated heterocycles. The number of aromatic nitrogens is 1. The molecule has 2 rings (SSSR count). The Labute approximate surface area is 109 Å². The van der Waals surface area contributed by atoms with Gasteiger partial charge in [-0.3, -0.25) is 0 Å². The first-order valence-electron chi connectivity index (χ1n) is 6.92. The van der Waals surface area contributed by atoms with Gasteiger partial charge in [0.05, 0.1) is 6.10 Å². The predicted molar refractivity (Wildman–Crippen MR) is 70.3 cm³/mol. The van der Waals surface area contributed by atoms with Crippen molar-refractivity contribution in [2.45, 2.75) is 52.2 Å². The normalized spacial score (nSPS) is 20.5. The van der Waals surface area contributed by atoms with E-state index in [2.05, 4.69) is 23.7 Å². The molecule has 0 bridgehead atoms. The standard InChI is InChI=1S/C14H24N2O2/c1-10(2)16-6-4-12(5-7-16)8-14-15-13(9-18-14)11(3)17/h9-12,17H,4-8H2,1-3H3. The highest BCUT2D eigenvalue weighted by Crippen LogP contribution is 2.23. The number of likely N-dealkylation sites (tertiary alicyclic amines) is 1. The Morgan fingerprint density at radius 1 is 1.39 bits per heavy atom. The first-order valence-corrected chi connectivity index (χ1v) is 6.92. The molecule has 1 atom stereocenters. The predicted octanol–water partition coefficient (Wildman–Crippen LogP) is 2.39. The molecule has 1 aliphatic rings. The molecule has 0 saturated carbocycles. The van der Waals surface area contributed by atoms with Gasteiger partial charge in [-0.2, -0.15) is 0 Å². The van der Waals surface area contributed by atoms with Crippen molar-refractivity contribution in [1.29, 1.82) is 0 Å². The summed E-state index contributed by atoms with van der Waals surface area (Å²) in [4.78, 5) is 6.85. The van der Waals surface area contributed by atoms with E-state index in [9.17, 15) is 5.11 Å². The molecular formula is C14H24N2O2. The van der Waals surface area contributed by atoms with Gasteiger partial charge in [0.25, 0.3) is 0 Å². The molecule has 0 spiro atoms. The molecule has 2 heterocycles. The lowest BCUT2D eigenvalue weighted by Crippen LogP contribution is -2.38. The second-order valence-electron chi connectivity index (χ2n) is 5.62. The molecule has 1 aromatic heterocycles. The summed E-state index contributed by atoms with van der Waals surface area (Å²) < 4.78 is 5.42. The van der Waals surface area contributed by atoms with Gasteiger partial charge in [-0.25, -0.2) is 4.98 Å². The van der Waals surface area contributed by atoms with Crippen molar-refractivity contribution >= 4 is 0 Å². The van der Waals surface area contributed by atoms with Crippen molar-refractivity contribution in [2.24, 2.45) is 5.92 Å². The maximum Gasteiger partial charge on any atom is 0.194 e. The molecule has 0 aromatic carbocycles. The Kier molecular flexibility index (Phi) is 4.40. The van der Waals surface area contributed by atoms with Gasteiger partial charge in [0.1, 0.15) is 12.0 Å². The van der Waals surface area contributed by atoms with E-state index in [-0.39, 0.29) is 0 Å². The maximum absolute atomic E-state index is 9.41. The van der Waals surface area contributed by atoms with E-state index >= 15 is 0 Å². The summed E-state index contributed by atoms with van der Waals surface area (Å²) in [6.45, 7) is 8.56. The van der Waals surface area contributed by atoms with Crippen LogP contribution in [0, 0.1) is 5.92 Å². The fourth-order valence-corrected chi connectivity index (χ4v) is 2.53. The molecule has 0 radical (unpaired) electrons. The molecular weight excluding hydrogens is 228 g/mol. The summed E-state index contributed by atoms with van der Waals surface area (Å²) in [5.74, 6) is 1.44. The van der Waals surface area contributed by atoms with Crippen LogP contribution >= 0.6 is 0 Å². The van der Waals surface area contributed by atoms with E-state index in [0.717, 1.165) is 12.3 Å². The molecule has 18 heavy (non-hydrogen) atoms. The van der Waals surface area contributed by atoms with Gasteiger partial charge in [-0.1, -0.05) is 0 Å². The summed E-state index contributed by atoms with van der Waals surface area (Å²) in [6.07, 6.45) is 4.36. The van der Waals surface area contributed by atoms with Gasteiger partial charge in [-0.05, 0) is 52.6 Å². The lowest BCUT2D eigenvalue weighted by Gasteiger charge is -2.34. The zero-order valence-electron chi connectivity index (χ0n) is 11.6. The van der Waals surface area contributed by atoms with Gasteiger partial charge in [0.2, 0.25) is 0 Å². The molecule has 1 aromatic rings. The number of aliphatic hydroxyl groups is 1. The van der Waals surface area contributed by atoms with E-state index in [0.29, 0.717) is 17.7 Å². The van der Waals surface area contributed by atoms with E-state index in [4.69, 9.17) is 4.42 Å². The summed E-state index contributed by atoms with van der Waals surface area (Å²) in [5, 5.41) is 9.41. The minimum atomic E-state index is -0.537. The monoisotopic (exact) mass is 252 g/mol. The first-order chi connectivity index (χ1) is 8.56. The minimum Gasteiger partial charge on any atom is -0.449 e. The Bertz CT molecular complexity index is 366. The van der Waals surface area contributed by atoms with Gasteiger partial charge in [0, 0.05) is 12.5 Å². The molecule has 1 unspecified atom stereocenters. The van der Waals surface area contributed by atoms with Gasteiger partial charge >= 0.3 is 0 Å². The number of hydrogen-bond donors (Lipinski definition) is 1. The van der Waals surface area contributed by atoms with Crippen LogP contribution in [0.4, 0.5) is 0 Å². The average Bonchev–Trinajstić information content (AvgIpc) is 2.78. The molecule has 1 aliphatic heterocycles. The third-order valence-corrected chi connectivity index (χ3v) is 3.84. The maximum atomic E-state index is 9.41. The number of piperidine rings is 1.